The van der Waals surface area contributed by atoms with Crippen LogP contribution in [0.4, 0.5) is 28.4 Å². The van der Waals surface area contributed by atoms with Crippen LogP contribution in [0.2, 0.25) is 0 Å². The predicted octanol–water partition coefficient (Wildman–Crippen LogP) is 14.3. The Kier molecular flexibility index (Phi) is 8.41. The topological polar surface area (TPSA) is 6.48 Å². The molecule has 0 radical (unpaired) electrons. The zero-order chi connectivity index (χ0) is 44.3. The molecule has 5 atom stereocenters. The van der Waals surface area contributed by atoms with Crippen LogP contribution in [0.5, 0.6) is 0 Å². The van der Waals surface area contributed by atoms with Crippen LogP contribution in [0.25, 0.3) is 11.1 Å². The zero-order valence-corrected chi connectivity index (χ0v) is 40.3. The van der Waals surface area contributed by atoms with Gasteiger partial charge in [-0.05, 0) is 141 Å². The van der Waals surface area contributed by atoms with E-state index in [4.69, 9.17) is 0 Å². The van der Waals surface area contributed by atoms with E-state index >= 15 is 0 Å². The molecule has 2 saturated carbocycles. The average Bonchev–Trinajstić information content (AvgIpc) is 3.62. The van der Waals surface area contributed by atoms with E-state index in [0.717, 1.165) is 0 Å². The molecule has 0 aromatic heterocycles. The maximum absolute atomic E-state index is 2.86. The number of hydrogen-bond donors (Lipinski definition) is 0. The highest BCUT2D eigenvalue weighted by Crippen LogP contribution is 2.68. The lowest BCUT2D eigenvalue weighted by molar-refractivity contribution is 0.0926. The van der Waals surface area contributed by atoms with Crippen LogP contribution in [0.1, 0.15) is 160 Å². The Labute approximate surface area is 384 Å². The van der Waals surface area contributed by atoms with Crippen molar-refractivity contribution in [3.8, 4) is 11.1 Å². The van der Waals surface area contributed by atoms with Gasteiger partial charge in [-0.2, -0.15) is 0 Å². The first-order chi connectivity index (χ1) is 30.5. The van der Waals surface area contributed by atoms with Crippen molar-refractivity contribution >= 4 is 51.5 Å². The summed E-state index contributed by atoms with van der Waals surface area (Å²) in [6.45, 7) is 24.9. The Morgan fingerprint density at radius 1 is 0.531 bits per heavy atom. The minimum absolute atomic E-state index is 0.00483. The molecule has 6 aromatic carbocycles. The van der Waals surface area contributed by atoms with Crippen LogP contribution in [0.15, 0.2) is 121 Å². The monoisotopic (exact) mass is 839 g/mol. The molecule has 2 fully saturated rings. The molecule has 3 aliphatic heterocycles. The minimum atomic E-state index is -0.0471. The van der Waals surface area contributed by atoms with Crippen LogP contribution < -0.4 is 26.2 Å². The van der Waals surface area contributed by atoms with E-state index in [-0.39, 0.29) is 39.3 Å². The lowest BCUT2D eigenvalue weighted by Crippen LogP contribution is -2.62. The van der Waals surface area contributed by atoms with Gasteiger partial charge in [-0.25, -0.2) is 0 Å². The smallest absolute Gasteiger partial charge is 0.247 e. The van der Waals surface area contributed by atoms with Gasteiger partial charge in [0.05, 0.1) is 11.2 Å². The van der Waals surface area contributed by atoms with Crippen LogP contribution in [-0.4, -0.2) is 12.3 Å². The van der Waals surface area contributed by atoms with Crippen LogP contribution >= 0.6 is 0 Å². The standard InChI is InChI=1S/C61H67BN2/c1-56(2,3)40-27-29-49(43(35-40)39-21-12-11-13-22-39)63-51-30-28-41(57(4,5)6)36-48(51)62-47-25-20-24-46-53(47)54(60(9)33-17-16-31-58(46,60)7)44-37-42(38-52(63)55(44)62)64-50-26-15-14-23-45(50)59(8)32-18-19-34-61(59,64)10/h11-15,20-30,35-38,54H,16-19,31-34H2,1-10H3. The highest BCUT2D eigenvalue weighted by atomic mass is 15.3. The first kappa shape index (κ1) is 40.5. The summed E-state index contributed by atoms with van der Waals surface area (Å²) in [4.78, 5) is 5.61. The molecule has 0 N–H and O–H groups in total. The van der Waals surface area contributed by atoms with Crippen molar-refractivity contribution in [3.63, 3.8) is 0 Å². The molecule has 64 heavy (non-hydrogen) atoms. The molecule has 3 heterocycles. The summed E-state index contributed by atoms with van der Waals surface area (Å²) in [5.74, 6) is 0.323. The maximum atomic E-state index is 2.86. The molecule has 0 amide bonds. The molecule has 324 valence electrons. The van der Waals surface area contributed by atoms with Crippen LogP contribution in [-0.2, 0) is 21.7 Å². The number of rotatable bonds is 3. The van der Waals surface area contributed by atoms with Gasteiger partial charge in [0, 0.05) is 39.6 Å². The number of nitrogens with zero attached hydrogens (tertiary/aromatic N) is 2. The normalized spacial score (nSPS) is 27.3. The van der Waals surface area contributed by atoms with Crippen molar-refractivity contribution in [2.24, 2.45) is 5.41 Å². The van der Waals surface area contributed by atoms with Gasteiger partial charge in [0.2, 0.25) is 6.71 Å². The van der Waals surface area contributed by atoms with Gasteiger partial charge in [-0.15, -0.1) is 0 Å². The Balaban J connectivity index is 1.23. The van der Waals surface area contributed by atoms with Crippen molar-refractivity contribution in [2.75, 3.05) is 9.80 Å². The fourth-order valence-corrected chi connectivity index (χ4v) is 14.9. The summed E-state index contributed by atoms with van der Waals surface area (Å²) >= 11 is 0. The molecule has 3 aliphatic carbocycles. The zero-order valence-electron chi connectivity index (χ0n) is 40.3. The van der Waals surface area contributed by atoms with Gasteiger partial charge in [0.15, 0.2) is 0 Å². The lowest BCUT2D eigenvalue weighted by atomic mass is 9.30. The van der Waals surface area contributed by atoms with Crippen molar-refractivity contribution in [1.82, 2.24) is 0 Å². The van der Waals surface area contributed by atoms with Crippen molar-refractivity contribution < 1.29 is 0 Å². The third-order valence-corrected chi connectivity index (χ3v) is 18.8. The van der Waals surface area contributed by atoms with Gasteiger partial charge in [0.25, 0.3) is 0 Å². The van der Waals surface area contributed by atoms with E-state index < -0.39 is 0 Å². The Hall–Kier alpha value is -5.02. The number of benzene rings is 6. The highest BCUT2D eigenvalue weighted by molar-refractivity contribution is 6.99. The maximum Gasteiger partial charge on any atom is 0.247 e. The Bertz CT molecular complexity index is 2910. The summed E-state index contributed by atoms with van der Waals surface area (Å²) in [6.07, 6.45) is 10.1. The van der Waals surface area contributed by atoms with Gasteiger partial charge in [-0.3, -0.25) is 0 Å². The third kappa shape index (κ3) is 5.16. The summed E-state index contributed by atoms with van der Waals surface area (Å²) < 4.78 is 0. The van der Waals surface area contributed by atoms with E-state index in [1.54, 1.807) is 22.2 Å². The van der Waals surface area contributed by atoms with E-state index in [1.807, 2.05) is 0 Å². The van der Waals surface area contributed by atoms with Crippen molar-refractivity contribution in [1.29, 1.82) is 0 Å². The van der Waals surface area contributed by atoms with Crippen LogP contribution in [0, 0.1) is 5.41 Å². The summed E-state index contributed by atoms with van der Waals surface area (Å²) in [6, 6.07) is 48.6. The molecular weight excluding hydrogens is 771 g/mol. The summed E-state index contributed by atoms with van der Waals surface area (Å²) in [5.41, 5.74) is 23.2. The number of hydrogen-bond acceptors (Lipinski definition) is 2. The minimum Gasteiger partial charge on any atom is -0.334 e. The molecule has 0 bridgehead atoms. The molecule has 5 unspecified atom stereocenters. The average molecular weight is 839 g/mol. The number of para-hydroxylation sites is 1. The fraction of sp³-hybridized carbons (Fsp3) is 0.410. The molecule has 0 saturated heterocycles. The largest absolute Gasteiger partial charge is 0.334 e. The summed E-state index contributed by atoms with van der Waals surface area (Å²) in [5, 5.41) is 0. The van der Waals surface area contributed by atoms with Crippen molar-refractivity contribution in [2.45, 2.75) is 154 Å². The first-order valence-electron chi connectivity index (χ1n) is 24.9. The van der Waals surface area contributed by atoms with E-state index in [2.05, 4.69) is 200 Å². The Morgan fingerprint density at radius 2 is 1.17 bits per heavy atom. The van der Waals surface area contributed by atoms with Gasteiger partial charge in [-0.1, -0.05) is 178 Å². The predicted molar refractivity (Wildman–Crippen MR) is 274 cm³/mol. The van der Waals surface area contributed by atoms with Crippen LogP contribution in [0.3, 0.4) is 0 Å². The fourth-order valence-electron chi connectivity index (χ4n) is 14.9. The molecule has 3 heteroatoms. The second-order valence-electron chi connectivity index (χ2n) is 24.0. The van der Waals surface area contributed by atoms with E-state index in [1.165, 1.54) is 119 Å². The second kappa shape index (κ2) is 13.3. The third-order valence-electron chi connectivity index (χ3n) is 18.8. The number of anilines is 5. The number of fused-ring (bicyclic) bond motifs is 10. The van der Waals surface area contributed by atoms with E-state index in [9.17, 15) is 0 Å². The molecule has 12 rings (SSSR count). The Morgan fingerprint density at radius 3 is 1.92 bits per heavy atom. The molecule has 0 spiro atoms. The summed E-state index contributed by atoms with van der Waals surface area (Å²) in [7, 11) is 0. The molecule has 6 aromatic rings. The van der Waals surface area contributed by atoms with Gasteiger partial charge < -0.3 is 9.80 Å². The highest BCUT2D eigenvalue weighted by Gasteiger charge is 2.63. The SMILES string of the molecule is CC(C)(C)c1ccc2c(c1)B1c3cccc4c3C(c3cc(N5c6ccccc6C6(C)CCCCC56C)cc(c31)N2c1ccc(C(C)(C)C)cc1-c1ccccc1)C1(C)CCCCC41C. The van der Waals surface area contributed by atoms with E-state index in [0.29, 0.717) is 5.92 Å². The first-order valence-corrected chi connectivity index (χ1v) is 24.9. The quantitative estimate of drug-likeness (QED) is 0.164. The van der Waals surface area contributed by atoms with Crippen molar-refractivity contribution in [3.05, 3.63) is 155 Å². The second-order valence-corrected chi connectivity index (χ2v) is 24.0. The van der Waals surface area contributed by atoms with Gasteiger partial charge in [0.1, 0.15) is 0 Å². The van der Waals surface area contributed by atoms with Gasteiger partial charge >= 0.3 is 0 Å². The molecule has 2 nitrogen and oxygen atoms in total. The molecule has 6 aliphatic rings. The molecular formula is C61H67BN2. The lowest BCUT2D eigenvalue weighted by Gasteiger charge is -2.52.